The predicted molar refractivity (Wildman–Crippen MR) is 164 cm³/mol. The molecule has 2 aliphatic heterocycles. The van der Waals surface area contributed by atoms with E-state index in [1.807, 2.05) is 24.3 Å². The second-order valence-electron chi connectivity index (χ2n) is 12.0. The lowest BCUT2D eigenvalue weighted by Crippen LogP contribution is -2.42. The first-order valence-corrected chi connectivity index (χ1v) is 15.8. The highest BCUT2D eigenvalue weighted by atomic mass is 35.5. The summed E-state index contributed by atoms with van der Waals surface area (Å²) in [5, 5.41) is 10.2. The summed E-state index contributed by atoms with van der Waals surface area (Å²) < 4.78 is 6.22. The predicted octanol–water partition coefficient (Wildman–Crippen LogP) is 7.34. The van der Waals surface area contributed by atoms with Crippen LogP contribution in [0.3, 0.4) is 0 Å². The van der Waals surface area contributed by atoms with E-state index in [1.165, 1.54) is 32.1 Å². The Labute approximate surface area is 257 Å². The molecule has 4 heterocycles. The highest BCUT2D eigenvalue weighted by molar-refractivity contribution is 6.35. The number of halogens is 2. The van der Waals surface area contributed by atoms with Gasteiger partial charge in [0.25, 0.3) is 0 Å². The molecule has 1 N–H and O–H groups in total. The van der Waals surface area contributed by atoms with E-state index in [0.29, 0.717) is 33.9 Å². The Kier molecular flexibility index (Phi) is 9.12. The average Bonchev–Trinajstić information content (AvgIpc) is 2.97. The number of carboxylic acid groups (broad SMARTS) is 1. The average molecular weight is 611 g/mol. The number of benzene rings is 1. The van der Waals surface area contributed by atoms with Crippen LogP contribution < -0.4 is 9.64 Å². The van der Waals surface area contributed by atoms with Crippen LogP contribution in [0.15, 0.2) is 42.7 Å². The van der Waals surface area contributed by atoms with E-state index in [-0.39, 0.29) is 12.3 Å². The molecule has 2 saturated heterocycles. The lowest BCUT2D eigenvalue weighted by Gasteiger charge is -2.41. The second-order valence-corrected chi connectivity index (χ2v) is 12.9. The molecule has 1 saturated carbocycles. The van der Waals surface area contributed by atoms with Crippen LogP contribution in [0, 0.1) is 17.8 Å². The molecule has 1 aromatic carbocycles. The van der Waals surface area contributed by atoms with Gasteiger partial charge in [0.2, 0.25) is 11.8 Å². The van der Waals surface area contributed by atoms with Gasteiger partial charge in [0.1, 0.15) is 0 Å². The second kappa shape index (κ2) is 13.1. The van der Waals surface area contributed by atoms with Gasteiger partial charge in [-0.1, -0.05) is 42.5 Å². The number of aromatic nitrogens is 3. The quantitative estimate of drug-likeness (QED) is 0.283. The van der Waals surface area contributed by atoms with Gasteiger partial charge in [-0.3, -0.25) is 9.69 Å². The van der Waals surface area contributed by atoms with E-state index in [4.69, 9.17) is 38.0 Å². The third-order valence-corrected chi connectivity index (χ3v) is 9.44. The van der Waals surface area contributed by atoms with Crippen molar-refractivity contribution in [1.82, 2.24) is 19.9 Å². The van der Waals surface area contributed by atoms with Crippen molar-refractivity contribution in [2.75, 3.05) is 31.1 Å². The van der Waals surface area contributed by atoms with Crippen molar-refractivity contribution in [1.29, 1.82) is 0 Å². The zero-order valence-electron chi connectivity index (χ0n) is 23.7. The maximum absolute atomic E-state index is 11.1. The molecule has 10 heteroatoms. The van der Waals surface area contributed by atoms with Crippen LogP contribution in [0.1, 0.15) is 56.9 Å². The zero-order chi connectivity index (χ0) is 29.1. The number of piperidine rings is 2. The van der Waals surface area contributed by atoms with Crippen molar-refractivity contribution in [3.05, 3.63) is 58.3 Å². The van der Waals surface area contributed by atoms with Crippen molar-refractivity contribution < 1.29 is 14.6 Å². The number of aliphatic carboxylic acids is 1. The van der Waals surface area contributed by atoms with E-state index in [1.54, 1.807) is 18.5 Å². The third-order valence-electron chi connectivity index (χ3n) is 9.01. The van der Waals surface area contributed by atoms with Crippen LogP contribution in [0.4, 0.5) is 5.95 Å². The summed E-state index contributed by atoms with van der Waals surface area (Å²) in [5.74, 6) is 2.85. The molecule has 0 spiro atoms. The highest BCUT2D eigenvalue weighted by Gasteiger charge is 2.32. The molecule has 0 bridgehead atoms. The molecule has 0 radical (unpaired) electrons. The lowest BCUT2D eigenvalue weighted by molar-refractivity contribution is -0.138. The maximum atomic E-state index is 11.1. The molecular weight excluding hydrogens is 573 g/mol. The third kappa shape index (κ3) is 7.33. The first-order valence-electron chi connectivity index (χ1n) is 15.0. The van der Waals surface area contributed by atoms with E-state index in [2.05, 4.69) is 19.8 Å². The minimum atomic E-state index is -0.722. The fourth-order valence-corrected chi connectivity index (χ4v) is 7.36. The molecule has 2 atom stereocenters. The molecule has 2 unspecified atom stereocenters. The first kappa shape index (κ1) is 29.1. The van der Waals surface area contributed by atoms with Gasteiger partial charge >= 0.3 is 5.97 Å². The molecule has 3 aliphatic rings. The van der Waals surface area contributed by atoms with Gasteiger partial charge in [0.15, 0.2) is 5.75 Å². The molecule has 222 valence electrons. The van der Waals surface area contributed by atoms with Crippen LogP contribution in [0.25, 0.3) is 11.3 Å². The number of likely N-dealkylation sites (tertiary alicyclic amines) is 1. The molecule has 1 aliphatic carbocycles. The fraction of sp³-hybridized carbons (Fsp3) is 0.500. The van der Waals surface area contributed by atoms with Gasteiger partial charge in [-0.15, -0.1) is 0 Å². The molecule has 6 rings (SSSR count). The van der Waals surface area contributed by atoms with Crippen molar-refractivity contribution >= 4 is 35.1 Å². The summed E-state index contributed by atoms with van der Waals surface area (Å²) >= 11 is 12.6. The molecule has 0 amide bonds. The Bertz CT molecular complexity index is 1380. The van der Waals surface area contributed by atoms with Crippen LogP contribution in [-0.2, 0) is 11.3 Å². The largest absolute Gasteiger partial charge is 0.481 e. The Morgan fingerprint density at radius 3 is 2.33 bits per heavy atom. The number of fused-ring (bicyclic) bond motifs is 1. The Morgan fingerprint density at radius 2 is 1.62 bits per heavy atom. The number of carboxylic acids is 1. The number of hydrogen-bond acceptors (Lipinski definition) is 7. The minimum absolute atomic E-state index is 0.233. The number of nitrogens with zero attached hydrogens (tertiary/aromatic N) is 5. The molecule has 2 aromatic heterocycles. The van der Waals surface area contributed by atoms with E-state index < -0.39 is 5.97 Å². The SMILES string of the molecule is O=C(O)CC1CCN(Cc2cc(Oc3cnc(N4CCC5CCCCC5C4)nc3)nc(-c3cc(Cl)cc(Cl)c3)c2)CC1. The van der Waals surface area contributed by atoms with Crippen molar-refractivity contribution in [2.24, 2.45) is 17.8 Å². The summed E-state index contributed by atoms with van der Waals surface area (Å²) in [4.78, 5) is 29.9. The van der Waals surface area contributed by atoms with Gasteiger partial charge in [-0.2, -0.15) is 0 Å². The van der Waals surface area contributed by atoms with Gasteiger partial charge in [0, 0.05) is 47.7 Å². The lowest BCUT2D eigenvalue weighted by atomic mass is 9.75. The van der Waals surface area contributed by atoms with Gasteiger partial charge in [-0.05, 0) is 86.4 Å². The molecular formula is C32H37Cl2N5O3. The normalized spacial score (nSPS) is 21.6. The molecule has 42 heavy (non-hydrogen) atoms. The topological polar surface area (TPSA) is 91.7 Å². The smallest absolute Gasteiger partial charge is 0.303 e. The zero-order valence-corrected chi connectivity index (χ0v) is 25.2. The van der Waals surface area contributed by atoms with Gasteiger partial charge in [0.05, 0.1) is 18.1 Å². The molecule has 3 fully saturated rings. The summed E-state index contributed by atoms with van der Waals surface area (Å²) in [6, 6.07) is 9.36. The Hall–Kier alpha value is -2.94. The number of carbonyl (C=O) groups is 1. The maximum Gasteiger partial charge on any atom is 0.303 e. The number of rotatable bonds is 8. The van der Waals surface area contributed by atoms with Crippen LogP contribution in [0.2, 0.25) is 10.0 Å². The fourth-order valence-electron chi connectivity index (χ4n) is 6.83. The van der Waals surface area contributed by atoms with Crippen molar-refractivity contribution in [3.8, 4) is 22.9 Å². The van der Waals surface area contributed by atoms with Crippen LogP contribution >= 0.6 is 23.2 Å². The molecule has 8 nitrogen and oxygen atoms in total. The molecule has 3 aromatic rings. The number of anilines is 1. The minimum Gasteiger partial charge on any atom is -0.481 e. The summed E-state index contributed by atoms with van der Waals surface area (Å²) in [6.45, 7) is 4.44. The summed E-state index contributed by atoms with van der Waals surface area (Å²) in [5.41, 5.74) is 2.55. The van der Waals surface area contributed by atoms with Crippen molar-refractivity contribution in [2.45, 2.75) is 57.9 Å². The monoisotopic (exact) mass is 609 g/mol. The van der Waals surface area contributed by atoms with Crippen molar-refractivity contribution in [3.63, 3.8) is 0 Å². The number of hydrogen-bond donors (Lipinski definition) is 1. The van der Waals surface area contributed by atoms with E-state index in [0.717, 1.165) is 67.9 Å². The van der Waals surface area contributed by atoms with Crippen LogP contribution in [-0.4, -0.2) is 57.1 Å². The standard InChI is InChI=1S/C32H37Cl2N5O3/c33-26-14-25(15-27(34)16-26)29-11-22(19-38-8-5-21(6-9-38)13-31(40)41)12-30(37-29)42-28-17-35-32(36-18-28)39-10-7-23-3-1-2-4-24(23)20-39/h11-12,14-18,21,23-24H,1-10,13,19-20H2,(H,40,41). The Morgan fingerprint density at radius 1 is 0.905 bits per heavy atom. The van der Waals surface area contributed by atoms with Gasteiger partial charge < -0.3 is 14.7 Å². The highest BCUT2D eigenvalue weighted by Crippen LogP contribution is 2.37. The number of pyridine rings is 1. The summed E-state index contributed by atoms with van der Waals surface area (Å²) in [7, 11) is 0. The van der Waals surface area contributed by atoms with E-state index >= 15 is 0 Å². The van der Waals surface area contributed by atoms with Gasteiger partial charge in [-0.25, -0.2) is 15.0 Å². The first-order chi connectivity index (χ1) is 20.4. The number of ether oxygens (including phenoxy) is 1. The van der Waals surface area contributed by atoms with Crippen LogP contribution in [0.5, 0.6) is 11.6 Å². The summed E-state index contributed by atoms with van der Waals surface area (Å²) in [6.07, 6.45) is 12.0. The Balaban J connectivity index is 1.18. The van der Waals surface area contributed by atoms with E-state index in [9.17, 15) is 4.79 Å².